The molecule has 1 aliphatic rings. The van der Waals surface area contributed by atoms with E-state index in [0.29, 0.717) is 19.4 Å². The third kappa shape index (κ3) is 8.33. The monoisotopic (exact) mass is 334 g/mol. The predicted molar refractivity (Wildman–Crippen MR) is 88.8 cm³/mol. The van der Waals surface area contributed by atoms with Gasteiger partial charge in [-0.25, -0.2) is 0 Å². The Bertz CT molecular complexity index is 320. The van der Waals surface area contributed by atoms with Gasteiger partial charge in [-0.3, -0.25) is 10.1 Å². The van der Waals surface area contributed by atoms with Crippen molar-refractivity contribution in [2.45, 2.75) is 75.0 Å². The molecule has 0 saturated carbocycles. The van der Waals surface area contributed by atoms with Crippen LogP contribution in [0, 0.1) is 0 Å². The predicted octanol–water partition coefficient (Wildman–Crippen LogP) is 0.903. The number of carboxylic acids is 1. The van der Waals surface area contributed by atoms with Crippen LogP contribution in [-0.2, 0) is 4.79 Å². The van der Waals surface area contributed by atoms with Crippen LogP contribution >= 0.6 is 11.8 Å². The molecule has 1 heterocycles. The van der Waals surface area contributed by atoms with E-state index >= 15 is 0 Å². The quantitative estimate of drug-likeness (QED) is 0.266. The third-order valence-electron chi connectivity index (χ3n) is 3.99. The molecule has 4 atom stereocenters. The summed E-state index contributed by atoms with van der Waals surface area (Å²) in [7, 11) is 0. The fraction of sp³-hybridized carbons (Fsp3) is 0.933. The summed E-state index contributed by atoms with van der Waals surface area (Å²) in [4.78, 5) is 10.3. The molecule has 6 N–H and O–H groups in total. The van der Waals surface area contributed by atoms with E-state index in [4.69, 9.17) is 10.8 Å². The lowest BCUT2D eigenvalue weighted by Crippen LogP contribution is -2.36. The van der Waals surface area contributed by atoms with Gasteiger partial charge in [0.2, 0.25) is 0 Å². The Hall–Kier alpha value is -0.340. The van der Waals surface area contributed by atoms with Crippen molar-refractivity contribution in [1.82, 2.24) is 5.32 Å². The zero-order valence-electron chi connectivity index (χ0n) is 13.1. The number of hydrogen-bond donors (Lipinski definition) is 5. The molecule has 0 amide bonds. The molecule has 0 aromatic carbocycles. The number of carboxylic acid groups (broad SMARTS) is 1. The van der Waals surface area contributed by atoms with Crippen molar-refractivity contribution in [1.29, 1.82) is 0 Å². The normalized spacial score (nSPS) is 26.2. The fourth-order valence-electron chi connectivity index (χ4n) is 2.59. The van der Waals surface area contributed by atoms with Gasteiger partial charge >= 0.3 is 5.97 Å². The van der Waals surface area contributed by atoms with E-state index in [1.807, 2.05) is 0 Å². The largest absolute Gasteiger partial charge is 0.481 e. The molecule has 130 valence electrons. The lowest BCUT2D eigenvalue weighted by atomic mass is 10.0. The summed E-state index contributed by atoms with van der Waals surface area (Å²) in [5, 5.41) is 31.4. The number of aliphatic hydroxyl groups is 2. The third-order valence-corrected chi connectivity index (χ3v) is 5.51. The zero-order valence-corrected chi connectivity index (χ0v) is 13.9. The van der Waals surface area contributed by atoms with Gasteiger partial charge in [-0.1, -0.05) is 12.8 Å². The van der Waals surface area contributed by atoms with Crippen molar-refractivity contribution in [2.75, 3.05) is 12.3 Å². The van der Waals surface area contributed by atoms with Gasteiger partial charge in [-0.2, -0.15) is 11.8 Å². The number of carbonyl (C=O) groups is 1. The Morgan fingerprint density at radius 1 is 1.27 bits per heavy atom. The fourth-order valence-corrected chi connectivity index (χ4v) is 3.99. The van der Waals surface area contributed by atoms with Gasteiger partial charge in [-0.05, 0) is 38.6 Å². The average Bonchev–Trinajstić information content (AvgIpc) is 2.78. The summed E-state index contributed by atoms with van der Waals surface area (Å²) < 4.78 is 0. The van der Waals surface area contributed by atoms with Crippen LogP contribution < -0.4 is 11.1 Å². The van der Waals surface area contributed by atoms with Crippen LogP contribution in [0.5, 0.6) is 0 Å². The Morgan fingerprint density at radius 3 is 2.68 bits per heavy atom. The maximum absolute atomic E-state index is 10.3. The summed E-state index contributed by atoms with van der Waals surface area (Å²) in [6.07, 6.45) is 5.33. The number of aliphatic hydroxyl groups excluding tert-OH is 2. The number of rotatable bonds is 12. The molecule has 6 nitrogen and oxygen atoms in total. The lowest BCUT2D eigenvalue weighted by molar-refractivity contribution is -0.137. The highest BCUT2D eigenvalue weighted by Crippen LogP contribution is 2.30. The number of hydrogen-bond acceptors (Lipinski definition) is 6. The first-order valence-corrected chi connectivity index (χ1v) is 9.24. The minimum absolute atomic E-state index is 0.0941. The average molecular weight is 334 g/mol. The summed E-state index contributed by atoms with van der Waals surface area (Å²) in [6.45, 7) is 0.715. The highest BCUT2D eigenvalue weighted by atomic mass is 32.2. The Kier molecular flexibility index (Phi) is 10.1. The second kappa shape index (κ2) is 11.2. The molecule has 1 fully saturated rings. The van der Waals surface area contributed by atoms with Gasteiger partial charge in [-0.15, -0.1) is 0 Å². The zero-order chi connectivity index (χ0) is 16.4. The van der Waals surface area contributed by atoms with Crippen molar-refractivity contribution in [3.05, 3.63) is 0 Å². The van der Waals surface area contributed by atoms with Gasteiger partial charge in [0, 0.05) is 23.5 Å². The number of nitrogens with two attached hydrogens (primary N) is 1. The molecule has 0 bridgehead atoms. The van der Waals surface area contributed by atoms with Crippen molar-refractivity contribution in [3.8, 4) is 0 Å². The molecule has 0 radical (unpaired) electrons. The van der Waals surface area contributed by atoms with Gasteiger partial charge in [0.1, 0.15) is 6.23 Å². The first-order chi connectivity index (χ1) is 10.5. The maximum atomic E-state index is 10.3. The second-order valence-corrected chi connectivity index (χ2v) is 7.26. The van der Waals surface area contributed by atoms with E-state index in [1.165, 1.54) is 0 Å². The molecule has 1 aliphatic heterocycles. The van der Waals surface area contributed by atoms with Gasteiger partial charge < -0.3 is 21.1 Å². The number of aliphatic carboxylic acids is 1. The summed E-state index contributed by atoms with van der Waals surface area (Å²) in [5.74, 6) is 0.0808. The smallest absolute Gasteiger partial charge is 0.303 e. The van der Waals surface area contributed by atoms with Crippen LogP contribution in [-0.4, -0.2) is 57.2 Å². The van der Waals surface area contributed by atoms with Crippen molar-refractivity contribution < 1.29 is 20.1 Å². The van der Waals surface area contributed by atoms with E-state index in [-0.39, 0.29) is 23.8 Å². The van der Waals surface area contributed by atoms with Crippen LogP contribution in [0.15, 0.2) is 0 Å². The maximum Gasteiger partial charge on any atom is 0.303 e. The lowest BCUT2D eigenvalue weighted by Gasteiger charge is -2.16. The molecule has 0 aromatic rings. The molecule has 1 unspecified atom stereocenters. The van der Waals surface area contributed by atoms with Crippen LogP contribution in [0.2, 0.25) is 0 Å². The van der Waals surface area contributed by atoms with E-state index in [9.17, 15) is 15.0 Å². The number of unbranched alkanes of at least 4 members (excludes halogenated alkanes) is 3. The van der Waals surface area contributed by atoms with E-state index in [2.05, 4.69) is 5.32 Å². The minimum Gasteiger partial charge on any atom is -0.481 e. The van der Waals surface area contributed by atoms with E-state index < -0.39 is 12.2 Å². The molecular formula is C15H30N2O4S. The Balaban J connectivity index is 1.91. The Morgan fingerprint density at radius 2 is 2.05 bits per heavy atom. The van der Waals surface area contributed by atoms with Crippen LogP contribution in [0.4, 0.5) is 0 Å². The summed E-state index contributed by atoms with van der Waals surface area (Å²) >= 11 is 1.75. The molecule has 7 heteroatoms. The van der Waals surface area contributed by atoms with Gasteiger partial charge in [0.15, 0.2) is 0 Å². The Labute approximate surface area is 136 Å². The molecule has 22 heavy (non-hydrogen) atoms. The second-order valence-electron chi connectivity index (χ2n) is 5.99. The van der Waals surface area contributed by atoms with Crippen LogP contribution in [0.3, 0.4) is 0 Å². The first kappa shape index (κ1) is 19.7. The SMILES string of the molecule is N[C@H]1CS[C@@H](CCCCC(O)NCCCCCC(=O)O)[C@H]1O. The van der Waals surface area contributed by atoms with Gasteiger partial charge in [0.05, 0.1) is 6.10 Å². The molecule has 0 aromatic heterocycles. The van der Waals surface area contributed by atoms with E-state index in [1.54, 1.807) is 11.8 Å². The van der Waals surface area contributed by atoms with Crippen LogP contribution in [0.25, 0.3) is 0 Å². The molecule has 0 aliphatic carbocycles. The molecule has 1 rings (SSSR count). The first-order valence-electron chi connectivity index (χ1n) is 8.19. The van der Waals surface area contributed by atoms with Gasteiger partial charge in [0.25, 0.3) is 0 Å². The topological polar surface area (TPSA) is 116 Å². The highest BCUT2D eigenvalue weighted by molar-refractivity contribution is 8.00. The van der Waals surface area contributed by atoms with Crippen molar-refractivity contribution in [2.24, 2.45) is 5.73 Å². The molecule has 1 saturated heterocycles. The summed E-state index contributed by atoms with van der Waals surface area (Å²) in [5.41, 5.74) is 5.77. The standard InChI is InChI=1S/C15H30N2O4S/c16-11-10-22-12(15(11)21)6-3-4-7-13(18)17-9-5-1-2-8-14(19)20/h11-13,15,17-18,21H,1-10,16H2,(H,19,20)/t11-,12-,13?,15-/m0/s1. The van der Waals surface area contributed by atoms with Crippen LogP contribution in [0.1, 0.15) is 51.4 Å². The number of thioether (sulfide) groups is 1. The number of nitrogens with one attached hydrogen (secondary N) is 1. The van der Waals surface area contributed by atoms with E-state index in [0.717, 1.165) is 37.9 Å². The molecule has 0 spiro atoms. The summed E-state index contributed by atoms with van der Waals surface area (Å²) in [6, 6.07) is -0.0941. The van der Waals surface area contributed by atoms with Crippen molar-refractivity contribution >= 4 is 17.7 Å². The minimum atomic E-state index is -0.750. The molecular weight excluding hydrogens is 304 g/mol. The van der Waals surface area contributed by atoms with Crippen molar-refractivity contribution in [3.63, 3.8) is 0 Å². The highest BCUT2D eigenvalue weighted by Gasteiger charge is 2.32.